The van der Waals surface area contributed by atoms with Crippen LogP contribution < -0.4 is 5.73 Å². The van der Waals surface area contributed by atoms with Crippen LogP contribution in [0.1, 0.15) is 25.0 Å². The number of hydrogen-bond acceptors (Lipinski definition) is 3. The van der Waals surface area contributed by atoms with Crippen molar-refractivity contribution in [3.8, 4) is 11.1 Å². The highest BCUT2D eigenvalue weighted by Gasteiger charge is 2.08. The van der Waals surface area contributed by atoms with E-state index in [2.05, 4.69) is 55.1 Å². The second-order valence-electron chi connectivity index (χ2n) is 6.31. The van der Waals surface area contributed by atoms with Crippen molar-refractivity contribution in [1.82, 2.24) is 9.80 Å². The molecule has 6 heteroatoms. The summed E-state index contributed by atoms with van der Waals surface area (Å²) in [6.45, 7) is 8.11. The summed E-state index contributed by atoms with van der Waals surface area (Å²) < 4.78 is 0. The van der Waals surface area contributed by atoms with Gasteiger partial charge in [0.25, 0.3) is 0 Å². The average molecular weight is 412 g/mol. The van der Waals surface area contributed by atoms with Gasteiger partial charge in [0.05, 0.1) is 6.54 Å². The van der Waals surface area contributed by atoms with Crippen molar-refractivity contribution in [1.29, 1.82) is 0 Å². The van der Waals surface area contributed by atoms with Crippen LogP contribution in [0.15, 0.2) is 48.5 Å². The van der Waals surface area contributed by atoms with Crippen LogP contribution in [-0.4, -0.2) is 42.4 Å². The zero-order valence-corrected chi connectivity index (χ0v) is 18.0. The maximum absolute atomic E-state index is 11.6. The number of nitrogens with two attached hydrogens (primary N) is 1. The Hall–Kier alpha value is -1.59. The molecule has 0 bridgehead atoms. The van der Waals surface area contributed by atoms with Crippen molar-refractivity contribution in [3.05, 3.63) is 59.7 Å². The molecule has 27 heavy (non-hydrogen) atoms. The fourth-order valence-corrected chi connectivity index (χ4v) is 2.88. The molecule has 0 fully saturated rings. The summed E-state index contributed by atoms with van der Waals surface area (Å²) in [5.41, 5.74) is 10.2. The lowest BCUT2D eigenvalue weighted by Crippen LogP contribution is -2.32. The lowest BCUT2D eigenvalue weighted by molar-refractivity contribution is -0.128. The summed E-state index contributed by atoms with van der Waals surface area (Å²) in [6, 6.07) is 17.1. The molecule has 150 valence electrons. The van der Waals surface area contributed by atoms with Gasteiger partial charge in [0.2, 0.25) is 5.91 Å². The van der Waals surface area contributed by atoms with Gasteiger partial charge in [-0.3, -0.25) is 9.69 Å². The summed E-state index contributed by atoms with van der Waals surface area (Å²) >= 11 is 0. The van der Waals surface area contributed by atoms with Crippen molar-refractivity contribution in [2.75, 3.05) is 26.7 Å². The molecule has 0 saturated heterocycles. The van der Waals surface area contributed by atoms with E-state index >= 15 is 0 Å². The van der Waals surface area contributed by atoms with Crippen LogP contribution in [0.25, 0.3) is 11.1 Å². The van der Waals surface area contributed by atoms with Gasteiger partial charge in [-0.1, -0.05) is 56.3 Å². The van der Waals surface area contributed by atoms with Crippen molar-refractivity contribution in [3.63, 3.8) is 0 Å². The number of amides is 1. The van der Waals surface area contributed by atoms with Gasteiger partial charge < -0.3 is 10.6 Å². The summed E-state index contributed by atoms with van der Waals surface area (Å²) in [6.07, 6.45) is 0. The van der Waals surface area contributed by atoms with Gasteiger partial charge in [-0.25, -0.2) is 0 Å². The van der Waals surface area contributed by atoms with Crippen LogP contribution >= 0.6 is 24.8 Å². The minimum absolute atomic E-state index is 0. The SMILES string of the molecule is CCN(CC)Cc1ccc(-c2cccc(CN(C)C(=O)CN)c2)cc1.Cl.Cl. The summed E-state index contributed by atoms with van der Waals surface area (Å²) in [5, 5.41) is 0. The van der Waals surface area contributed by atoms with Crippen molar-refractivity contribution < 1.29 is 4.79 Å². The molecule has 0 heterocycles. The molecule has 2 N–H and O–H groups in total. The second kappa shape index (κ2) is 12.7. The molecule has 2 aromatic rings. The van der Waals surface area contributed by atoms with E-state index < -0.39 is 0 Å². The molecule has 0 aromatic heterocycles. The first-order chi connectivity index (χ1) is 12.1. The van der Waals surface area contributed by atoms with Gasteiger partial charge in [0.15, 0.2) is 0 Å². The maximum atomic E-state index is 11.6. The highest BCUT2D eigenvalue weighted by molar-refractivity contribution is 5.85. The molecule has 0 aliphatic rings. The number of benzene rings is 2. The van der Waals surface area contributed by atoms with E-state index in [1.807, 2.05) is 12.1 Å². The normalized spacial score (nSPS) is 10.1. The standard InChI is InChI=1S/C21H29N3O.2ClH/c1-4-24(5-2)16-17-9-11-19(12-10-17)20-8-6-7-18(13-20)15-23(3)21(25)14-22;;/h6-13H,4-5,14-16,22H2,1-3H3;2*1H. The minimum Gasteiger partial charge on any atom is -0.340 e. The molecular weight excluding hydrogens is 381 g/mol. The Morgan fingerprint density at radius 3 is 2.07 bits per heavy atom. The Bertz CT molecular complexity index is 688. The number of halogens is 2. The van der Waals surface area contributed by atoms with Gasteiger partial charge in [0.1, 0.15) is 0 Å². The van der Waals surface area contributed by atoms with Gasteiger partial charge in [-0.05, 0) is 41.4 Å². The predicted octanol–water partition coefficient (Wildman–Crippen LogP) is 3.96. The molecule has 0 aliphatic heterocycles. The van der Waals surface area contributed by atoms with Crippen LogP contribution in [0.3, 0.4) is 0 Å². The van der Waals surface area contributed by atoms with Gasteiger partial charge in [0, 0.05) is 20.1 Å². The van der Waals surface area contributed by atoms with Crippen LogP contribution in [0.2, 0.25) is 0 Å². The van der Waals surface area contributed by atoms with E-state index in [1.165, 1.54) is 16.7 Å². The van der Waals surface area contributed by atoms with Crippen LogP contribution in [0.4, 0.5) is 0 Å². The Kier molecular flexibility index (Phi) is 12.0. The lowest BCUT2D eigenvalue weighted by atomic mass is 10.0. The molecule has 1 amide bonds. The van der Waals surface area contributed by atoms with Crippen molar-refractivity contribution in [2.45, 2.75) is 26.9 Å². The third-order valence-electron chi connectivity index (χ3n) is 4.53. The van der Waals surface area contributed by atoms with E-state index in [0.29, 0.717) is 6.54 Å². The van der Waals surface area contributed by atoms with Crippen molar-refractivity contribution in [2.24, 2.45) is 5.73 Å². The maximum Gasteiger partial charge on any atom is 0.236 e. The van der Waals surface area contributed by atoms with E-state index in [4.69, 9.17) is 5.73 Å². The van der Waals surface area contributed by atoms with E-state index in [0.717, 1.165) is 25.2 Å². The summed E-state index contributed by atoms with van der Waals surface area (Å²) in [7, 11) is 1.78. The first-order valence-corrected chi connectivity index (χ1v) is 8.92. The Morgan fingerprint density at radius 1 is 0.889 bits per heavy atom. The third-order valence-corrected chi connectivity index (χ3v) is 4.53. The molecule has 2 aromatic carbocycles. The molecular formula is C21H31Cl2N3O. The number of carbonyl (C=O) groups excluding carboxylic acids is 1. The molecule has 0 radical (unpaired) electrons. The van der Waals surface area contributed by atoms with E-state index in [9.17, 15) is 4.79 Å². The molecule has 2 rings (SSSR count). The Morgan fingerprint density at radius 2 is 1.52 bits per heavy atom. The number of hydrogen-bond donors (Lipinski definition) is 1. The minimum atomic E-state index is -0.0499. The molecule has 0 aliphatic carbocycles. The van der Waals surface area contributed by atoms with Gasteiger partial charge in [-0.2, -0.15) is 0 Å². The van der Waals surface area contributed by atoms with E-state index in [-0.39, 0.29) is 37.3 Å². The van der Waals surface area contributed by atoms with E-state index in [1.54, 1.807) is 11.9 Å². The molecule has 4 nitrogen and oxygen atoms in total. The molecule has 0 unspecified atom stereocenters. The number of likely N-dealkylation sites (N-methyl/N-ethyl adjacent to an activating group) is 1. The smallest absolute Gasteiger partial charge is 0.236 e. The highest BCUT2D eigenvalue weighted by Crippen LogP contribution is 2.22. The fourth-order valence-electron chi connectivity index (χ4n) is 2.88. The van der Waals surface area contributed by atoms with Gasteiger partial charge in [-0.15, -0.1) is 24.8 Å². The number of nitrogens with zero attached hydrogens (tertiary/aromatic N) is 2. The second-order valence-corrected chi connectivity index (χ2v) is 6.31. The van der Waals surface area contributed by atoms with Crippen molar-refractivity contribution >= 4 is 30.7 Å². The topological polar surface area (TPSA) is 49.6 Å². The predicted molar refractivity (Wildman–Crippen MR) is 119 cm³/mol. The Balaban J connectivity index is 0.00000338. The monoisotopic (exact) mass is 411 g/mol. The summed E-state index contributed by atoms with van der Waals surface area (Å²) in [4.78, 5) is 15.7. The molecule has 0 atom stereocenters. The first kappa shape index (κ1) is 25.4. The largest absolute Gasteiger partial charge is 0.340 e. The summed E-state index contributed by atoms with van der Waals surface area (Å²) in [5.74, 6) is -0.0499. The molecule has 0 spiro atoms. The number of carbonyl (C=O) groups is 1. The first-order valence-electron chi connectivity index (χ1n) is 8.92. The zero-order valence-electron chi connectivity index (χ0n) is 16.4. The average Bonchev–Trinajstić information content (AvgIpc) is 2.66. The van der Waals surface area contributed by atoms with Crippen LogP contribution in [0.5, 0.6) is 0 Å². The quantitative estimate of drug-likeness (QED) is 0.714. The highest BCUT2D eigenvalue weighted by atomic mass is 35.5. The zero-order chi connectivity index (χ0) is 18.2. The Labute approximate surface area is 175 Å². The van der Waals surface area contributed by atoms with Gasteiger partial charge >= 0.3 is 0 Å². The third kappa shape index (κ3) is 7.51. The number of rotatable bonds is 8. The lowest BCUT2D eigenvalue weighted by Gasteiger charge is -2.18. The van der Waals surface area contributed by atoms with Crippen LogP contribution in [-0.2, 0) is 17.9 Å². The van der Waals surface area contributed by atoms with Crippen LogP contribution in [0, 0.1) is 0 Å². The fraction of sp³-hybridized carbons (Fsp3) is 0.381. The molecule has 0 saturated carbocycles.